The van der Waals surface area contributed by atoms with Crippen LogP contribution in [0.5, 0.6) is 0 Å². The molecular formula is C17H11N3O4S. The fraction of sp³-hybridized carbons (Fsp3) is 0.0588. The van der Waals surface area contributed by atoms with Gasteiger partial charge in [0.25, 0.3) is 5.56 Å². The Morgan fingerprint density at radius 2 is 2.08 bits per heavy atom. The number of carbonyl (C=O) groups is 1. The molecule has 0 bridgehead atoms. The molecule has 4 heterocycles. The Balaban J connectivity index is 2.04. The maximum atomic E-state index is 13.0. The van der Waals surface area contributed by atoms with E-state index in [4.69, 9.17) is 4.42 Å². The van der Waals surface area contributed by atoms with E-state index < -0.39 is 18.1 Å². The first-order chi connectivity index (χ1) is 12.1. The van der Waals surface area contributed by atoms with Gasteiger partial charge in [-0.3, -0.25) is 19.1 Å². The quantitative estimate of drug-likeness (QED) is 0.606. The van der Waals surface area contributed by atoms with Gasteiger partial charge in [-0.25, -0.2) is 4.98 Å². The normalized spacial score (nSPS) is 11.0. The number of pyridine rings is 1. The highest BCUT2D eigenvalue weighted by Gasteiger charge is 2.20. The van der Waals surface area contributed by atoms with Crippen LogP contribution in [0.1, 0.15) is 0 Å². The van der Waals surface area contributed by atoms with Crippen molar-refractivity contribution in [3.05, 3.63) is 58.7 Å². The second-order valence-corrected chi connectivity index (χ2v) is 6.12. The zero-order chi connectivity index (χ0) is 17.4. The molecule has 4 aromatic heterocycles. The summed E-state index contributed by atoms with van der Waals surface area (Å²) >= 11 is 1.32. The number of aromatic nitrogens is 3. The van der Waals surface area contributed by atoms with Crippen molar-refractivity contribution in [3.8, 4) is 22.7 Å². The van der Waals surface area contributed by atoms with Crippen molar-refractivity contribution in [3.63, 3.8) is 0 Å². The summed E-state index contributed by atoms with van der Waals surface area (Å²) in [6.45, 7) is -0.479. The van der Waals surface area contributed by atoms with Crippen LogP contribution in [0.25, 0.3) is 32.9 Å². The van der Waals surface area contributed by atoms with Crippen LogP contribution in [-0.2, 0) is 11.3 Å². The van der Waals surface area contributed by atoms with Crippen molar-refractivity contribution in [1.82, 2.24) is 14.5 Å². The van der Waals surface area contributed by atoms with Gasteiger partial charge in [0.05, 0.1) is 11.6 Å². The van der Waals surface area contributed by atoms with Crippen LogP contribution < -0.4 is 5.56 Å². The Labute approximate surface area is 144 Å². The Morgan fingerprint density at radius 1 is 1.28 bits per heavy atom. The predicted molar refractivity (Wildman–Crippen MR) is 92.4 cm³/mol. The number of hydrogen-bond donors (Lipinski definition) is 1. The van der Waals surface area contributed by atoms with E-state index >= 15 is 0 Å². The molecule has 0 saturated heterocycles. The average Bonchev–Trinajstić information content (AvgIpc) is 3.26. The van der Waals surface area contributed by atoms with Crippen LogP contribution in [0.3, 0.4) is 0 Å². The van der Waals surface area contributed by atoms with E-state index in [1.165, 1.54) is 22.2 Å². The molecule has 0 aliphatic carbocycles. The number of fused-ring (bicyclic) bond motifs is 1. The maximum Gasteiger partial charge on any atom is 0.323 e. The van der Waals surface area contributed by atoms with Gasteiger partial charge < -0.3 is 9.52 Å². The lowest BCUT2D eigenvalue weighted by Crippen LogP contribution is -2.26. The summed E-state index contributed by atoms with van der Waals surface area (Å²) in [5, 5.41) is 11.4. The summed E-state index contributed by atoms with van der Waals surface area (Å²) in [5.74, 6) is -0.271. The highest BCUT2D eigenvalue weighted by molar-refractivity contribution is 7.17. The van der Waals surface area contributed by atoms with Crippen molar-refractivity contribution in [1.29, 1.82) is 0 Å². The Hall–Kier alpha value is -3.26. The fourth-order valence-electron chi connectivity index (χ4n) is 2.64. The van der Waals surface area contributed by atoms with Gasteiger partial charge in [0, 0.05) is 28.9 Å². The molecule has 0 spiro atoms. The van der Waals surface area contributed by atoms with Gasteiger partial charge in [-0.15, -0.1) is 11.3 Å². The van der Waals surface area contributed by atoms with E-state index in [0.717, 1.165) is 0 Å². The molecule has 0 aromatic carbocycles. The SMILES string of the molecule is O=C(O)Cn1c(-c2ccncc2)nc2scc(-c3ccco3)c2c1=O. The van der Waals surface area contributed by atoms with Crippen molar-refractivity contribution >= 4 is 27.5 Å². The first kappa shape index (κ1) is 15.3. The number of carboxylic acid groups (broad SMARTS) is 1. The van der Waals surface area contributed by atoms with Gasteiger partial charge in [0.2, 0.25) is 0 Å². The number of aliphatic carboxylic acids is 1. The van der Waals surface area contributed by atoms with Crippen molar-refractivity contribution < 1.29 is 14.3 Å². The lowest BCUT2D eigenvalue weighted by atomic mass is 10.2. The first-order valence-corrected chi connectivity index (χ1v) is 8.21. The Morgan fingerprint density at radius 3 is 2.76 bits per heavy atom. The van der Waals surface area contributed by atoms with Gasteiger partial charge in [-0.2, -0.15) is 0 Å². The van der Waals surface area contributed by atoms with Crippen LogP contribution >= 0.6 is 11.3 Å². The summed E-state index contributed by atoms with van der Waals surface area (Å²) in [5.41, 5.74) is 0.831. The third-order valence-electron chi connectivity index (χ3n) is 3.71. The van der Waals surface area contributed by atoms with Crippen LogP contribution in [0.4, 0.5) is 0 Å². The minimum absolute atomic E-state index is 0.301. The molecule has 124 valence electrons. The Bertz CT molecular complexity index is 1110. The van der Waals surface area contributed by atoms with Crippen molar-refractivity contribution in [2.75, 3.05) is 0 Å². The number of nitrogens with zero attached hydrogens (tertiary/aromatic N) is 3. The van der Waals surface area contributed by atoms with Crippen LogP contribution in [0.15, 0.2) is 57.5 Å². The molecule has 1 N–H and O–H groups in total. The third-order valence-corrected chi connectivity index (χ3v) is 4.58. The van der Waals surface area contributed by atoms with E-state index in [0.29, 0.717) is 32.9 Å². The van der Waals surface area contributed by atoms with Gasteiger partial charge in [-0.1, -0.05) is 0 Å². The number of furan rings is 1. The number of carboxylic acids is 1. The smallest absolute Gasteiger partial charge is 0.323 e. The van der Waals surface area contributed by atoms with Gasteiger partial charge >= 0.3 is 5.97 Å². The first-order valence-electron chi connectivity index (χ1n) is 7.33. The van der Waals surface area contributed by atoms with Crippen molar-refractivity contribution in [2.45, 2.75) is 6.54 Å². The average molecular weight is 353 g/mol. The van der Waals surface area contributed by atoms with E-state index in [9.17, 15) is 14.7 Å². The van der Waals surface area contributed by atoms with Crippen LogP contribution in [-0.4, -0.2) is 25.6 Å². The summed E-state index contributed by atoms with van der Waals surface area (Å²) in [6, 6.07) is 6.85. The standard InChI is InChI=1S/C17H11N3O4S/c21-13(22)8-20-15(10-3-5-18-6-4-10)19-16-14(17(20)23)11(9-25-16)12-2-1-7-24-12/h1-7,9H,8H2,(H,21,22). The molecule has 7 nitrogen and oxygen atoms in total. The van der Waals surface area contributed by atoms with Crippen LogP contribution in [0, 0.1) is 0 Å². The fourth-order valence-corrected chi connectivity index (χ4v) is 3.56. The molecule has 0 saturated carbocycles. The molecule has 0 amide bonds. The predicted octanol–water partition coefficient (Wildman–Crippen LogP) is 2.86. The van der Waals surface area contributed by atoms with E-state index in [1.54, 1.807) is 42.0 Å². The summed E-state index contributed by atoms with van der Waals surface area (Å²) in [4.78, 5) is 33.3. The maximum absolute atomic E-state index is 13.0. The molecule has 0 unspecified atom stereocenters. The van der Waals surface area contributed by atoms with Crippen LogP contribution in [0.2, 0.25) is 0 Å². The van der Waals surface area contributed by atoms with E-state index in [2.05, 4.69) is 9.97 Å². The highest BCUT2D eigenvalue weighted by Crippen LogP contribution is 2.32. The van der Waals surface area contributed by atoms with Gasteiger partial charge in [0.1, 0.15) is 23.0 Å². The molecular weight excluding hydrogens is 342 g/mol. The number of thiophene rings is 1. The van der Waals surface area contributed by atoms with Gasteiger partial charge in [0.15, 0.2) is 0 Å². The molecule has 0 atom stereocenters. The zero-order valence-corrected chi connectivity index (χ0v) is 13.6. The minimum Gasteiger partial charge on any atom is -0.480 e. The minimum atomic E-state index is -1.12. The lowest BCUT2D eigenvalue weighted by Gasteiger charge is -2.10. The zero-order valence-electron chi connectivity index (χ0n) is 12.7. The van der Waals surface area contributed by atoms with Gasteiger partial charge in [-0.05, 0) is 24.3 Å². The van der Waals surface area contributed by atoms with E-state index in [-0.39, 0.29) is 0 Å². The molecule has 25 heavy (non-hydrogen) atoms. The monoisotopic (exact) mass is 353 g/mol. The molecule has 4 aromatic rings. The molecule has 0 radical (unpaired) electrons. The second kappa shape index (κ2) is 5.99. The second-order valence-electron chi connectivity index (χ2n) is 5.26. The lowest BCUT2D eigenvalue weighted by molar-refractivity contribution is -0.137. The Kier molecular flexibility index (Phi) is 3.66. The summed E-state index contributed by atoms with van der Waals surface area (Å²) in [6.07, 6.45) is 4.66. The van der Waals surface area contributed by atoms with E-state index in [1.807, 2.05) is 0 Å². The van der Waals surface area contributed by atoms with Crippen molar-refractivity contribution in [2.24, 2.45) is 0 Å². The topological polar surface area (TPSA) is 98.2 Å². The third kappa shape index (κ3) is 2.62. The molecule has 0 aliphatic heterocycles. The molecule has 0 aliphatic rings. The molecule has 8 heteroatoms. The summed E-state index contributed by atoms with van der Waals surface area (Å²) < 4.78 is 6.55. The largest absolute Gasteiger partial charge is 0.480 e. The summed E-state index contributed by atoms with van der Waals surface area (Å²) in [7, 11) is 0. The highest BCUT2D eigenvalue weighted by atomic mass is 32.1. The number of rotatable bonds is 4. The molecule has 0 fully saturated rings. The molecule has 4 rings (SSSR count). The number of hydrogen-bond acceptors (Lipinski definition) is 6.